The topological polar surface area (TPSA) is 59.5 Å². The zero-order valence-electron chi connectivity index (χ0n) is 20.3. The number of para-hydroxylation sites is 1. The van der Waals surface area contributed by atoms with Crippen molar-refractivity contribution in [3.8, 4) is 5.75 Å². The minimum Gasteiger partial charge on any atom is -0.490 e. The number of aromatic nitrogens is 2. The highest BCUT2D eigenvalue weighted by Gasteiger charge is 2.51. The maximum atomic E-state index is 6.29. The SMILES string of the molecule is c1ccc(C2CCNCC2)c(OC2CC3(COC3)C2)c1.c1ncc(N2CC3(CCCC3)C2)cn1. The first-order valence-corrected chi connectivity index (χ1v) is 13.3. The molecular formula is C28H38N4O2. The average Bonchev–Trinajstić information content (AvgIpc) is 3.31. The second kappa shape index (κ2) is 9.46. The molecule has 0 radical (unpaired) electrons. The van der Waals surface area contributed by atoms with Gasteiger partial charge < -0.3 is 19.7 Å². The molecule has 0 atom stereocenters. The van der Waals surface area contributed by atoms with Crippen LogP contribution in [-0.4, -0.2) is 55.5 Å². The van der Waals surface area contributed by atoms with Crippen LogP contribution in [0.3, 0.4) is 0 Å². The second-order valence-electron chi connectivity index (χ2n) is 11.4. The molecule has 0 unspecified atom stereocenters. The van der Waals surface area contributed by atoms with Gasteiger partial charge >= 0.3 is 0 Å². The van der Waals surface area contributed by atoms with E-state index in [2.05, 4.69) is 44.5 Å². The third-order valence-corrected chi connectivity index (χ3v) is 8.76. The predicted octanol–water partition coefficient (Wildman–Crippen LogP) is 4.57. The van der Waals surface area contributed by atoms with Gasteiger partial charge in [0.05, 0.1) is 31.3 Å². The number of piperidine rings is 1. The minimum absolute atomic E-state index is 0.404. The highest BCUT2D eigenvalue weighted by molar-refractivity contribution is 5.46. The van der Waals surface area contributed by atoms with Crippen LogP contribution >= 0.6 is 0 Å². The predicted molar refractivity (Wildman–Crippen MR) is 133 cm³/mol. The Morgan fingerprint density at radius 1 is 0.941 bits per heavy atom. The summed E-state index contributed by atoms with van der Waals surface area (Å²) in [6.07, 6.45) is 16.3. The Bertz CT molecular complexity index is 936. The van der Waals surface area contributed by atoms with Gasteiger partial charge in [0, 0.05) is 23.9 Å². The van der Waals surface area contributed by atoms with Crippen molar-refractivity contribution in [2.75, 3.05) is 44.3 Å². The normalized spacial score (nSPS) is 25.1. The molecule has 3 saturated heterocycles. The molecule has 6 heteroatoms. The van der Waals surface area contributed by atoms with Crippen molar-refractivity contribution in [2.24, 2.45) is 10.8 Å². The number of nitrogens with one attached hydrogen (secondary N) is 1. The van der Waals surface area contributed by atoms with Crippen molar-refractivity contribution in [2.45, 2.75) is 63.4 Å². The van der Waals surface area contributed by atoms with E-state index in [9.17, 15) is 0 Å². The molecule has 4 heterocycles. The van der Waals surface area contributed by atoms with Gasteiger partial charge in [-0.05, 0) is 69.2 Å². The molecule has 0 amide bonds. The van der Waals surface area contributed by atoms with Crippen LogP contribution in [0.4, 0.5) is 5.69 Å². The molecule has 5 fully saturated rings. The first-order valence-electron chi connectivity index (χ1n) is 13.3. The van der Waals surface area contributed by atoms with Crippen LogP contribution in [-0.2, 0) is 4.74 Å². The summed E-state index contributed by atoms with van der Waals surface area (Å²) in [7, 11) is 0. The van der Waals surface area contributed by atoms with Crippen LogP contribution < -0.4 is 15.0 Å². The number of hydrogen-bond donors (Lipinski definition) is 1. The van der Waals surface area contributed by atoms with Crippen LogP contribution in [0.15, 0.2) is 43.0 Å². The molecule has 3 aliphatic heterocycles. The summed E-state index contributed by atoms with van der Waals surface area (Å²) in [6.45, 7) is 6.60. The second-order valence-corrected chi connectivity index (χ2v) is 11.4. The third kappa shape index (κ3) is 4.55. The Kier molecular flexibility index (Phi) is 6.20. The van der Waals surface area contributed by atoms with E-state index in [1.165, 1.54) is 75.7 Å². The van der Waals surface area contributed by atoms with E-state index in [0.717, 1.165) is 32.1 Å². The van der Waals surface area contributed by atoms with E-state index in [1.807, 2.05) is 12.4 Å². The van der Waals surface area contributed by atoms with Gasteiger partial charge in [-0.1, -0.05) is 31.0 Å². The monoisotopic (exact) mass is 462 g/mol. The van der Waals surface area contributed by atoms with E-state index >= 15 is 0 Å². The van der Waals surface area contributed by atoms with Gasteiger partial charge in [-0.2, -0.15) is 0 Å². The van der Waals surface area contributed by atoms with Crippen molar-refractivity contribution in [3.05, 3.63) is 48.5 Å². The van der Waals surface area contributed by atoms with Crippen LogP contribution in [0.2, 0.25) is 0 Å². The van der Waals surface area contributed by atoms with E-state index in [4.69, 9.17) is 9.47 Å². The number of rotatable bonds is 4. The van der Waals surface area contributed by atoms with Crippen LogP contribution in [0.25, 0.3) is 0 Å². The smallest absolute Gasteiger partial charge is 0.123 e. The van der Waals surface area contributed by atoms with E-state index in [1.54, 1.807) is 6.33 Å². The number of ether oxygens (including phenoxy) is 2. The highest BCUT2D eigenvalue weighted by atomic mass is 16.5. The zero-order valence-corrected chi connectivity index (χ0v) is 20.3. The van der Waals surface area contributed by atoms with Gasteiger partial charge in [0.25, 0.3) is 0 Å². The van der Waals surface area contributed by atoms with E-state index < -0.39 is 0 Å². The molecule has 34 heavy (non-hydrogen) atoms. The molecule has 182 valence electrons. The maximum absolute atomic E-state index is 6.29. The maximum Gasteiger partial charge on any atom is 0.123 e. The van der Waals surface area contributed by atoms with Gasteiger partial charge in [0.15, 0.2) is 0 Å². The number of hydrogen-bond acceptors (Lipinski definition) is 6. The van der Waals surface area contributed by atoms with Crippen molar-refractivity contribution < 1.29 is 9.47 Å². The molecule has 2 aliphatic carbocycles. The fourth-order valence-electron chi connectivity index (χ4n) is 6.70. The van der Waals surface area contributed by atoms with Crippen LogP contribution in [0.5, 0.6) is 5.75 Å². The summed E-state index contributed by atoms with van der Waals surface area (Å²) in [5, 5.41) is 3.44. The molecule has 2 saturated carbocycles. The quantitative estimate of drug-likeness (QED) is 0.718. The summed E-state index contributed by atoms with van der Waals surface area (Å²) >= 11 is 0. The Labute approximate surface area is 203 Å². The molecule has 5 aliphatic rings. The highest BCUT2D eigenvalue weighted by Crippen LogP contribution is 2.49. The Balaban J connectivity index is 0.000000136. The average molecular weight is 463 g/mol. The lowest BCUT2D eigenvalue weighted by molar-refractivity contribution is -0.191. The molecule has 7 rings (SSSR count). The van der Waals surface area contributed by atoms with Crippen LogP contribution in [0.1, 0.15) is 62.8 Å². The van der Waals surface area contributed by atoms with Gasteiger partial charge in [-0.25, -0.2) is 9.97 Å². The number of benzene rings is 1. The van der Waals surface area contributed by atoms with Crippen molar-refractivity contribution >= 4 is 5.69 Å². The Hall–Kier alpha value is -2.18. The summed E-state index contributed by atoms with van der Waals surface area (Å²) in [4.78, 5) is 10.5. The fourth-order valence-corrected chi connectivity index (χ4v) is 6.70. The minimum atomic E-state index is 0.404. The molecule has 2 aromatic rings. The number of anilines is 1. The lowest BCUT2D eigenvalue weighted by atomic mass is 9.65. The molecule has 1 aromatic carbocycles. The fraction of sp³-hybridized carbons (Fsp3) is 0.643. The van der Waals surface area contributed by atoms with Gasteiger partial charge in [0.2, 0.25) is 0 Å². The van der Waals surface area contributed by atoms with E-state index in [0.29, 0.717) is 22.9 Å². The molecule has 6 nitrogen and oxygen atoms in total. The van der Waals surface area contributed by atoms with Gasteiger partial charge in [-0.3, -0.25) is 0 Å². The van der Waals surface area contributed by atoms with Gasteiger partial charge in [0.1, 0.15) is 18.2 Å². The lowest BCUT2D eigenvalue weighted by Crippen LogP contribution is -2.56. The first kappa shape index (κ1) is 22.3. The molecule has 1 aromatic heterocycles. The first-order chi connectivity index (χ1) is 16.7. The summed E-state index contributed by atoms with van der Waals surface area (Å²) in [5.41, 5.74) is 3.74. The lowest BCUT2D eigenvalue weighted by Gasteiger charge is -2.52. The van der Waals surface area contributed by atoms with Crippen LogP contribution in [0, 0.1) is 10.8 Å². The molecule has 2 spiro atoms. The standard InChI is InChI=1S/C17H23NO2.C11H15N3/c1-2-4-16(15(3-1)13-5-7-18-8-6-13)20-14-9-17(10-14)11-19-12-17;1-2-4-11(3-1)7-14(8-11)10-5-12-9-13-6-10/h1-4,13-14,18H,5-12H2;5-6,9H,1-4,7-8H2. The zero-order chi connectivity index (χ0) is 22.8. The van der Waals surface area contributed by atoms with Gasteiger partial charge in [-0.15, -0.1) is 0 Å². The summed E-state index contributed by atoms with van der Waals surface area (Å²) in [6, 6.07) is 8.65. The Morgan fingerprint density at radius 3 is 2.32 bits per heavy atom. The largest absolute Gasteiger partial charge is 0.490 e. The summed E-state index contributed by atoms with van der Waals surface area (Å²) < 4.78 is 11.6. The van der Waals surface area contributed by atoms with Crippen molar-refractivity contribution in [3.63, 3.8) is 0 Å². The number of nitrogens with zero attached hydrogens (tertiary/aromatic N) is 3. The molecule has 1 N–H and O–H groups in total. The van der Waals surface area contributed by atoms with Crippen molar-refractivity contribution in [1.82, 2.24) is 15.3 Å². The molecular weight excluding hydrogens is 424 g/mol. The van der Waals surface area contributed by atoms with Crippen molar-refractivity contribution in [1.29, 1.82) is 0 Å². The summed E-state index contributed by atoms with van der Waals surface area (Å²) in [5.74, 6) is 1.79. The van der Waals surface area contributed by atoms with E-state index in [-0.39, 0.29) is 0 Å². The molecule has 0 bridgehead atoms. The third-order valence-electron chi connectivity index (χ3n) is 8.76. The Morgan fingerprint density at radius 2 is 1.65 bits per heavy atom.